The van der Waals surface area contributed by atoms with Gasteiger partial charge in [-0.1, -0.05) is 47.5 Å². The third-order valence-electron chi connectivity index (χ3n) is 7.54. The average molecular weight is 755 g/mol. The molecule has 1 saturated heterocycles. The van der Waals surface area contributed by atoms with Crippen LogP contribution in [0.3, 0.4) is 0 Å². The number of alkyl carbamates (subject to hydrolysis) is 2. The first-order valence-electron chi connectivity index (χ1n) is 17.5. The number of aromatic nitrogens is 1. The maximum Gasteiger partial charge on any atom is 0.417 e. The molecule has 3 aromatic rings. The zero-order chi connectivity index (χ0) is 39.7. The monoisotopic (exact) mass is 754 g/mol. The molecule has 0 bridgehead atoms. The lowest BCUT2D eigenvalue weighted by molar-refractivity contribution is 0.0352. The molecule has 1 fully saturated rings. The highest BCUT2D eigenvalue weighted by Gasteiger charge is 2.28. The molecule has 0 radical (unpaired) electrons. The van der Waals surface area contributed by atoms with Crippen LogP contribution in [-0.2, 0) is 20.8 Å². The van der Waals surface area contributed by atoms with Crippen molar-refractivity contribution in [3.8, 4) is 0 Å². The average Bonchev–Trinajstić information content (AvgIpc) is 3.02. The van der Waals surface area contributed by atoms with Crippen molar-refractivity contribution in [2.45, 2.75) is 111 Å². The summed E-state index contributed by atoms with van der Waals surface area (Å²) in [6, 6.07) is 14.2. The standard InChI is InChI=1S/C30H33ClFN3O3.C10H19NO4/c1-20-6-5-7-22(14-20)21-10-12-34(13-11-21)28(36)24-15-26(18-33-17-24)35(29(37)38-30(2,3)4)19-23-8-9-25(32)16-27(23)31;1-9(2,3)14-7(12)11-8(13)15-10(4,5)6/h5-9,14-18,21H,10-13,19H2,1-4H3;1-6H3,(H,11,12,13). The van der Waals surface area contributed by atoms with Crippen molar-refractivity contribution in [1.82, 2.24) is 15.2 Å². The van der Waals surface area contributed by atoms with Crippen LogP contribution in [-0.4, -0.2) is 64.0 Å². The number of nitrogens with one attached hydrogen (secondary N) is 1. The van der Waals surface area contributed by atoms with Gasteiger partial charge >= 0.3 is 18.3 Å². The van der Waals surface area contributed by atoms with Crippen LogP contribution in [0, 0.1) is 12.7 Å². The quantitative estimate of drug-likeness (QED) is 0.255. The zero-order valence-corrected chi connectivity index (χ0v) is 33.1. The number of rotatable bonds is 5. The van der Waals surface area contributed by atoms with Crippen LogP contribution >= 0.6 is 11.6 Å². The highest BCUT2D eigenvalue weighted by molar-refractivity contribution is 6.31. The molecule has 1 N–H and O–H groups in total. The molecule has 0 spiro atoms. The SMILES string of the molecule is CC(C)(C)OC(=O)NC(=O)OC(C)(C)C.Cc1cccc(C2CCN(C(=O)c3cncc(N(Cc4ccc(F)cc4Cl)C(=O)OC(C)(C)C)c3)CC2)c1. The van der Waals surface area contributed by atoms with Gasteiger partial charge < -0.3 is 19.1 Å². The first-order chi connectivity index (χ1) is 24.5. The number of carbonyl (C=O) groups is 4. The van der Waals surface area contributed by atoms with Gasteiger partial charge in [0.05, 0.1) is 24.0 Å². The normalized spacial score (nSPS) is 13.6. The largest absolute Gasteiger partial charge is 0.443 e. The Labute approximate surface area is 317 Å². The predicted octanol–water partition coefficient (Wildman–Crippen LogP) is 9.59. The Morgan fingerprint density at radius 2 is 1.43 bits per heavy atom. The lowest BCUT2D eigenvalue weighted by Gasteiger charge is -2.32. The molecule has 1 aliphatic rings. The second-order valence-corrected chi connectivity index (χ2v) is 16.3. The van der Waals surface area contributed by atoms with E-state index in [9.17, 15) is 23.6 Å². The molecule has 1 aromatic heterocycles. The molecule has 0 saturated carbocycles. The summed E-state index contributed by atoms with van der Waals surface area (Å²) in [5.41, 5.74) is 1.85. The number of hydrogen-bond acceptors (Lipinski definition) is 8. The van der Waals surface area contributed by atoms with E-state index in [0.717, 1.165) is 12.8 Å². The Kier molecular flexibility index (Phi) is 14.4. The van der Waals surface area contributed by atoms with E-state index in [4.69, 9.17) is 25.8 Å². The predicted molar refractivity (Wildman–Crippen MR) is 203 cm³/mol. The summed E-state index contributed by atoms with van der Waals surface area (Å²) < 4.78 is 29.0. The lowest BCUT2D eigenvalue weighted by atomic mass is 9.88. The number of amides is 4. The second kappa shape index (κ2) is 17.9. The van der Waals surface area contributed by atoms with Crippen molar-refractivity contribution < 1.29 is 37.8 Å². The molecule has 1 aliphatic heterocycles. The number of piperidine rings is 1. The lowest BCUT2D eigenvalue weighted by Crippen LogP contribution is -2.39. The first kappa shape index (κ1) is 42.7. The fraction of sp³-hybridized carbons (Fsp3) is 0.475. The van der Waals surface area contributed by atoms with Gasteiger partial charge in [0.2, 0.25) is 0 Å². The fourth-order valence-corrected chi connectivity index (χ4v) is 5.53. The van der Waals surface area contributed by atoms with Gasteiger partial charge in [-0.25, -0.2) is 24.1 Å². The first-order valence-corrected chi connectivity index (χ1v) is 17.9. The number of likely N-dealkylation sites (tertiary alicyclic amines) is 1. The van der Waals surface area contributed by atoms with E-state index < -0.39 is 40.9 Å². The highest BCUT2D eigenvalue weighted by atomic mass is 35.5. The summed E-state index contributed by atoms with van der Waals surface area (Å²) in [5, 5.41) is 2.16. The number of carbonyl (C=O) groups excluding carboxylic acids is 4. The van der Waals surface area contributed by atoms with Crippen LogP contribution in [0.4, 0.5) is 24.5 Å². The summed E-state index contributed by atoms with van der Waals surface area (Å²) in [7, 11) is 0. The van der Waals surface area contributed by atoms with E-state index in [1.54, 1.807) is 68.4 Å². The summed E-state index contributed by atoms with van der Waals surface area (Å²) in [6.45, 7) is 19.0. The Morgan fingerprint density at radius 1 is 0.849 bits per heavy atom. The van der Waals surface area contributed by atoms with E-state index >= 15 is 0 Å². The summed E-state index contributed by atoms with van der Waals surface area (Å²) >= 11 is 6.25. The molecule has 0 unspecified atom stereocenters. The van der Waals surface area contributed by atoms with Crippen LogP contribution in [0.2, 0.25) is 5.02 Å². The summed E-state index contributed by atoms with van der Waals surface area (Å²) in [6.07, 6.45) is 2.54. The number of nitrogens with zero attached hydrogens (tertiary/aromatic N) is 3. The van der Waals surface area contributed by atoms with Crippen LogP contribution < -0.4 is 10.2 Å². The summed E-state index contributed by atoms with van der Waals surface area (Å²) in [5.74, 6) is -0.180. The van der Waals surface area contributed by atoms with Gasteiger partial charge in [0.1, 0.15) is 22.6 Å². The minimum atomic E-state index is -0.809. The number of aryl methyl sites for hydroxylation is 1. The van der Waals surface area contributed by atoms with Crippen molar-refractivity contribution in [3.63, 3.8) is 0 Å². The van der Waals surface area contributed by atoms with Crippen molar-refractivity contribution in [1.29, 1.82) is 0 Å². The van der Waals surface area contributed by atoms with E-state index in [2.05, 4.69) is 36.2 Å². The van der Waals surface area contributed by atoms with Crippen LogP contribution in [0.5, 0.6) is 0 Å². The van der Waals surface area contributed by atoms with Gasteiger partial charge in [-0.3, -0.25) is 14.7 Å². The molecule has 53 heavy (non-hydrogen) atoms. The molecule has 4 rings (SSSR count). The smallest absolute Gasteiger partial charge is 0.417 e. The Bertz CT molecular complexity index is 1730. The molecule has 2 aromatic carbocycles. The highest BCUT2D eigenvalue weighted by Crippen LogP contribution is 2.30. The number of imide groups is 1. The van der Waals surface area contributed by atoms with Gasteiger partial charge in [0.25, 0.3) is 5.91 Å². The molecular formula is C40H52ClFN4O7. The van der Waals surface area contributed by atoms with Crippen molar-refractivity contribution in [3.05, 3.63) is 94.0 Å². The topological polar surface area (TPSA) is 127 Å². The summed E-state index contributed by atoms with van der Waals surface area (Å²) in [4.78, 5) is 56.3. The minimum Gasteiger partial charge on any atom is -0.443 e. The van der Waals surface area contributed by atoms with Crippen LogP contribution in [0.15, 0.2) is 60.9 Å². The Balaban J connectivity index is 0.000000426. The van der Waals surface area contributed by atoms with Crippen LogP contribution in [0.1, 0.15) is 108 Å². The van der Waals surface area contributed by atoms with E-state index in [0.29, 0.717) is 35.8 Å². The maximum atomic E-state index is 13.6. The van der Waals surface area contributed by atoms with Gasteiger partial charge in [-0.05, 0) is 117 Å². The number of halogens is 2. The van der Waals surface area contributed by atoms with Crippen LogP contribution in [0.25, 0.3) is 0 Å². The fourth-order valence-electron chi connectivity index (χ4n) is 5.30. The Morgan fingerprint density at radius 3 is 1.96 bits per heavy atom. The number of anilines is 1. The van der Waals surface area contributed by atoms with Gasteiger partial charge in [-0.2, -0.15) is 0 Å². The Hall–Kier alpha value is -4.71. The molecule has 0 atom stereocenters. The van der Waals surface area contributed by atoms with Gasteiger partial charge in [0, 0.05) is 24.3 Å². The van der Waals surface area contributed by atoms with Crippen molar-refractivity contribution in [2.24, 2.45) is 0 Å². The second-order valence-electron chi connectivity index (χ2n) is 15.8. The third kappa shape index (κ3) is 14.7. The molecule has 0 aliphatic carbocycles. The molecular weight excluding hydrogens is 703 g/mol. The van der Waals surface area contributed by atoms with Crippen molar-refractivity contribution in [2.75, 3.05) is 18.0 Å². The molecule has 4 amide bonds. The molecule has 288 valence electrons. The zero-order valence-electron chi connectivity index (χ0n) is 32.3. The van der Waals surface area contributed by atoms with E-state index in [1.165, 1.54) is 46.6 Å². The van der Waals surface area contributed by atoms with E-state index in [1.807, 2.05) is 10.2 Å². The number of pyridine rings is 1. The van der Waals surface area contributed by atoms with Crippen molar-refractivity contribution >= 4 is 41.5 Å². The van der Waals surface area contributed by atoms with Gasteiger partial charge in [0.15, 0.2) is 0 Å². The molecule has 13 heteroatoms. The van der Waals surface area contributed by atoms with E-state index in [-0.39, 0.29) is 17.5 Å². The minimum absolute atomic E-state index is 0.0231. The number of benzene rings is 2. The molecule has 11 nitrogen and oxygen atoms in total. The number of hydrogen-bond donors (Lipinski definition) is 1. The third-order valence-corrected chi connectivity index (χ3v) is 7.89. The molecule has 2 heterocycles. The maximum absolute atomic E-state index is 13.6. The number of ether oxygens (including phenoxy) is 3. The van der Waals surface area contributed by atoms with Gasteiger partial charge in [-0.15, -0.1) is 0 Å².